The van der Waals surface area contributed by atoms with Crippen LogP contribution in [0.1, 0.15) is 25.8 Å². The first-order chi connectivity index (χ1) is 7.63. The lowest BCUT2D eigenvalue weighted by molar-refractivity contribution is 0.185. The van der Waals surface area contributed by atoms with E-state index in [-0.39, 0.29) is 6.61 Å². The standard InChI is InChI=1S/C13H21NO2/c1-11(2)14(8-3-9-15)10-12-4-6-13(16)7-5-12/h4-7,11,15-16H,3,8-10H2,1-2H3. The molecule has 0 fully saturated rings. The van der Waals surface area contributed by atoms with Crippen molar-refractivity contribution in [1.82, 2.24) is 4.90 Å². The Morgan fingerprint density at radius 3 is 2.31 bits per heavy atom. The molecule has 3 heteroatoms. The summed E-state index contributed by atoms with van der Waals surface area (Å²) in [5.74, 6) is 0.301. The zero-order valence-corrected chi connectivity index (χ0v) is 10.1. The van der Waals surface area contributed by atoms with Gasteiger partial charge in [-0.25, -0.2) is 0 Å². The summed E-state index contributed by atoms with van der Waals surface area (Å²) >= 11 is 0. The van der Waals surface area contributed by atoms with Gasteiger partial charge in [0, 0.05) is 25.7 Å². The monoisotopic (exact) mass is 223 g/mol. The molecule has 0 spiro atoms. The first-order valence-corrected chi connectivity index (χ1v) is 5.76. The van der Waals surface area contributed by atoms with E-state index in [0.29, 0.717) is 11.8 Å². The second-order valence-corrected chi connectivity index (χ2v) is 4.31. The average Bonchev–Trinajstić information content (AvgIpc) is 2.26. The molecule has 0 bridgehead atoms. The van der Waals surface area contributed by atoms with E-state index < -0.39 is 0 Å². The van der Waals surface area contributed by atoms with Gasteiger partial charge >= 0.3 is 0 Å². The van der Waals surface area contributed by atoms with Gasteiger partial charge in [-0.1, -0.05) is 12.1 Å². The number of phenolic OH excluding ortho intramolecular Hbond substituents is 1. The summed E-state index contributed by atoms with van der Waals surface area (Å²) in [7, 11) is 0. The Morgan fingerprint density at radius 2 is 1.81 bits per heavy atom. The molecule has 0 aliphatic carbocycles. The van der Waals surface area contributed by atoms with Crippen molar-refractivity contribution < 1.29 is 10.2 Å². The molecular weight excluding hydrogens is 202 g/mol. The molecule has 0 saturated heterocycles. The molecule has 0 radical (unpaired) electrons. The molecule has 0 unspecified atom stereocenters. The summed E-state index contributed by atoms with van der Waals surface area (Å²) in [6, 6.07) is 7.74. The van der Waals surface area contributed by atoms with E-state index in [4.69, 9.17) is 5.11 Å². The topological polar surface area (TPSA) is 43.7 Å². The van der Waals surface area contributed by atoms with Crippen LogP contribution in [0.4, 0.5) is 0 Å². The molecule has 0 saturated carbocycles. The second-order valence-electron chi connectivity index (χ2n) is 4.31. The number of hydrogen-bond donors (Lipinski definition) is 2. The number of rotatable bonds is 6. The number of aromatic hydroxyl groups is 1. The lowest BCUT2D eigenvalue weighted by atomic mass is 10.1. The smallest absolute Gasteiger partial charge is 0.115 e. The minimum atomic E-state index is 0.235. The molecule has 16 heavy (non-hydrogen) atoms. The Bertz CT molecular complexity index is 295. The van der Waals surface area contributed by atoms with Crippen LogP contribution in [0, 0.1) is 0 Å². The number of hydrogen-bond acceptors (Lipinski definition) is 3. The summed E-state index contributed by atoms with van der Waals surface area (Å²) in [6.07, 6.45) is 0.802. The van der Waals surface area contributed by atoms with Gasteiger partial charge in [0.1, 0.15) is 5.75 Å². The summed E-state index contributed by atoms with van der Waals surface area (Å²) in [5.41, 5.74) is 1.18. The fourth-order valence-electron chi connectivity index (χ4n) is 1.63. The third-order valence-electron chi connectivity index (χ3n) is 2.66. The van der Waals surface area contributed by atoms with Crippen LogP contribution in [-0.4, -0.2) is 34.3 Å². The van der Waals surface area contributed by atoms with Crippen molar-refractivity contribution in [3.63, 3.8) is 0 Å². The predicted octanol–water partition coefficient (Wildman–Crippen LogP) is 1.98. The maximum absolute atomic E-state index is 9.19. The van der Waals surface area contributed by atoms with Crippen molar-refractivity contribution in [1.29, 1.82) is 0 Å². The highest BCUT2D eigenvalue weighted by Crippen LogP contribution is 2.13. The van der Waals surface area contributed by atoms with E-state index in [1.54, 1.807) is 12.1 Å². The molecular formula is C13H21NO2. The molecule has 0 aliphatic rings. The lowest BCUT2D eigenvalue weighted by Gasteiger charge is -2.26. The number of nitrogens with zero attached hydrogens (tertiary/aromatic N) is 1. The van der Waals surface area contributed by atoms with Crippen LogP contribution >= 0.6 is 0 Å². The number of benzene rings is 1. The van der Waals surface area contributed by atoms with Gasteiger partial charge < -0.3 is 10.2 Å². The molecule has 0 heterocycles. The summed E-state index contributed by atoms with van der Waals surface area (Å²) in [5, 5.41) is 18.0. The van der Waals surface area contributed by atoms with Crippen LogP contribution in [0.3, 0.4) is 0 Å². The molecule has 1 aromatic carbocycles. The third kappa shape index (κ3) is 4.21. The van der Waals surface area contributed by atoms with Gasteiger partial charge in [0.05, 0.1) is 0 Å². The maximum atomic E-state index is 9.19. The van der Waals surface area contributed by atoms with Crippen molar-refractivity contribution in [3.8, 4) is 5.75 Å². The summed E-state index contributed by atoms with van der Waals surface area (Å²) in [4.78, 5) is 2.31. The van der Waals surface area contributed by atoms with E-state index >= 15 is 0 Å². The maximum Gasteiger partial charge on any atom is 0.115 e. The summed E-state index contributed by atoms with van der Waals surface area (Å²) < 4.78 is 0. The molecule has 1 rings (SSSR count). The van der Waals surface area contributed by atoms with Crippen LogP contribution in [0.2, 0.25) is 0 Å². The van der Waals surface area contributed by atoms with Gasteiger partial charge in [-0.2, -0.15) is 0 Å². The van der Waals surface area contributed by atoms with Gasteiger partial charge in [0.15, 0.2) is 0 Å². The molecule has 0 aromatic heterocycles. The minimum Gasteiger partial charge on any atom is -0.508 e. The highest BCUT2D eigenvalue weighted by atomic mass is 16.3. The van der Waals surface area contributed by atoms with E-state index in [1.807, 2.05) is 12.1 Å². The zero-order chi connectivity index (χ0) is 12.0. The van der Waals surface area contributed by atoms with Crippen LogP contribution in [0.5, 0.6) is 5.75 Å². The van der Waals surface area contributed by atoms with Gasteiger partial charge in [0.2, 0.25) is 0 Å². The van der Waals surface area contributed by atoms with Crippen molar-refractivity contribution >= 4 is 0 Å². The Morgan fingerprint density at radius 1 is 1.19 bits per heavy atom. The predicted molar refractivity (Wildman–Crippen MR) is 65.4 cm³/mol. The Hall–Kier alpha value is -1.06. The van der Waals surface area contributed by atoms with Crippen LogP contribution in [-0.2, 0) is 6.54 Å². The van der Waals surface area contributed by atoms with Crippen LogP contribution in [0.15, 0.2) is 24.3 Å². The van der Waals surface area contributed by atoms with Crippen molar-refractivity contribution in [2.24, 2.45) is 0 Å². The Kier molecular flexibility index (Phi) is 5.29. The number of aliphatic hydroxyl groups excluding tert-OH is 1. The first-order valence-electron chi connectivity index (χ1n) is 5.76. The Balaban J connectivity index is 2.57. The largest absolute Gasteiger partial charge is 0.508 e. The van der Waals surface area contributed by atoms with Gasteiger partial charge in [0.25, 0.3) is 0 Å². The molecule has 0 atom stereocenters. The highest BCUT2D eigenvalue weighted by molar-refractivity contribution is 5.25. The van der Waals surface area contributed by atoms with Gasteiger partial charge in [-0.05, 0) is 38.0 Å². The van der Waals surface area contributed by atoms with E-state index in [0.717, 1.165) is 19.5 Å². The molecule has 3 nitrogen and oxygen atoms in total. The average molecular weight is 223 g/mol. The van der Waals surface area contributed by atoms with E-state index in [2.05, 4.69) is 18.7 Å². The van der Waals surface area contributed by atoms with Gasteiger partial charge in [-0.15, -0.1) is 0 Å². The minimum absolute atomic E-state index is 0.235. The van der Waals surface area contributed by atoms with Crippen LogP contribution < -0.4 is 0 Å². The molecule has 1 aromatic rings. The number of phenols is 1. The van der Waals surface area contributed by atoms with Crippen LogP contribution in [0.25, 0.3) is 0 Å². The first kappa shape index (κ1) is 13.0. The zero-order valence-electron chi connectivity index (χ0n) is 10.1. The molecule has 90 valence electrons. The number of aliphatic hydroxyl groups is 1. The normalized spacial score (nSPS) is 11.3. The van der Waals surface area contributed by atoms with Crippen molar-refractivity contribution in [2.75, 3.05) is 13.2 Å². The SMILES string of the molecule is CC(C)N(CCCO)Cc1ccc(O)cc1. The van der Waals surface area contributed by atoms with Crippen molar-refractivity contribution in [3.05, 3.63) is 29.8 Å². The van der Waals surface area contributed by atoms with E-state index in [1.165, 1.54) is 5.56 Å². The fraction of sp³-hybridized carbons (Fsp3) is 0.538. The quantitative estimate of drug-likeness (QED) is 0.775. The van der Waals surface area contributed by atoms with Crippen molar-refractivity contribution in [2.45, 2.75) is 32.9 Å². The van der Waals surface area contributed by atoms with Gasteiger partial charge in [-0.3, -0.25) is 4.90 Å². The second kappa shape index (κ2) is 6.51. The molecule has 2 N–H and O–H groups in total. The Labute approximate surface area is 97.3 Å². The van der Waals surface area contributed by atoms with E-state index in [9.17, 15) is 5.11 Å². The summed E-state index contributed by atoms with van der Waals surface area (Å²) in [6.45, 7) is 6.29. The molecule has 0 amide bonds. The fourth-order valence-corrected chi connectivity index (χ4v) is 1.63. The lowest BCUT2D eigenvalue weighted by Crippen LogP contribution is -2.31. The highest BCUT2D eigenvalue weighted by Gasteiger charge is 2.09. The molecule has 0 aliphatic heterocycles. The third-order valence-corrected chi connectivity index (χ3v) is 2.66.